The number of carboxylic acid groups (broad SMARTS) is 1. The van der Waals surface area contributed by atoms with Crippen molar-refractivity contribution in [3.8, 4) is 0 Å². The molecule has 0 aromatic carbocycles. The predicted molar refractivity (Wildman–Crippen MR) is 57.8 cm³/mol. The van der Waals surface area contributed by atoms with E-state index in [1.165, 1.54) is 11.3 Å². The molecule has 0 bridgehead atoms. The summed E-state index contributed by atoms with van der Waals surface area (Å²) >= 11 is 1.28. The molecule has 1 amide bonds. The molecule has 1 aromatic heterocycles. The molecule has 7 heteroatoms. The highest BCUT2D eigenvalue weighted by Gasteiger charge is 2.18. The third-order valence-corrected chi connectivity index (χ3v) is 2.77. The van der Waals surface area contributed by atoms with E-state index in [1.807, 2.05) is 13.8 Å². The second-order valence-corrected chi connectivity index (χ2v) is 4.63. The van der Waals surface area contributed by atoms with Gasteiger partial charge in [0.1, 0.15) is 5.01 Å². The maximum absolute atomic E-state index is 10.5. The van der Waals surface area contributed by atoms with Crippen LogP contribution >= 0.6 is 11.3 Å². The fourth-order valence-electron chi connectivity index (χ4n) is 1.15. The first-order valence-electron chi connectivity index (χ1n) is 4.56. The normalized spacial score (nSPS) is 12.7. The number of rotatable bonds is 4. The lowest BCUT2D eigenvalue weighted by Gasteiger charge is -2.18. The molecule has 0 saturated carbocycles. The Morgan fingerprint density at radius 1 is 1.60 bits per heavy atom. The zero-order valence-electron chi connectivity index (χ0n) is 8.60. The molecule has 4 N–H and O–H groups in total. The summed E-state index contributed by atoms with van der Waals surface area (Å²) < 4.78 is 0. The fourth-order valence-corrected chi connectivity index (χ4v) is 1.82. The lowest BCUT2D eigenvalue weighted by Crippen LogP contribution is -2.39. The van der Waals surface area contributed by atoms with Gasteiger partial charge >= 0.3 is 6.09 Å². The molecule has 1 rings (SSSR count). The molecule has 0 saturated heterocycles. The molecule has 15 heavy (non-hydrogen) atoms. The van der Waals surface area contributed by atoms with Crippen molar-refractivity contribution >= 4 is 22.6 Å². The summed E-state index contributed by atoms with van der Waals surface area (Å²) in [6.07, 6.45) is -0.495. The van der Waals surface area contributed by atoms with Gasteiger partial charge in [-0.05, 0) is 5.92 Å². The maximum atomic E-state index is 10.5. The first-order valence-corrected chi connectivity index (χ1v) is 5.38. The topological polar surface area (TPSA) is 101 Å². The molecule has 0 aliphatic heterocycles. The Bertz CT molecular complexity index is 339. The molecule has 0 aliphatic rings. The Balaban J connectivity index is 2.62. The Labute approximate surface area is 91.5 Å². The largest absolute Gasteiger partial charge is 0.465 e. The number of aromatic nitrogens is 2. The average Bonchev–Trinajstić information content (AvgIpc) is 2.49. The second-order valence-electron chi connectivity index (χ2n) is 3.54. The SMILES string of the molecule is CC(C)[C@@H](Cc1nnc(N)s1)NC(=O)O. The summed E-state index contributed by atoms with van der Waals surface area (Å²) in [6, 6.07) is -0.158. The van der Waals surface area contributed by atoms with E-state index in [-0.39, 0.29) is 12.0 Å². The van der Waals surface area contributed by atoms with E-state index in [4.69, 9.17) is 10.8 Å². The molecule has 1 atom stereocenters. The van der Waals surface area contributed by atoms with Crippen LogP contribution in [0.25, 0.3) is 0 Å². The number of nitrogens with one attached hydrogen (secondary N) is 1. The Kier molecular flexibility index (Phi) is 3.84. The van der Waals surface area contributed by atoms with E-state index in [1.54, 1.807) is 0 Å². The van der Waals surface area contributed by atoms with Crippen molar-refractivity contribution in [2.45, 2.75) is 26.3 Å². The minimum Gasteiger partial charge on any atom is -0.465 e. The summed E-state index contributed by atoms with van der Waals surface area (Å²) in [5.41, 5.74) is 5.44. The third-order valence-electron chi connectivity index (χ3n) is 1.99. The van der Waals surface area contributed by atoms with Gasteiger partial charge in [0.25, 0.3) is 0 Å². The van der Waals surface area contributed by atoms with Crippen molar-refractivity contribution in [2.24, 2.45) is 5.92 Å². The van der Waals surface area contributed by atoms with E-state index >= 15 is 0 Å². The van der Waals surface area contributed by atoms with Crippen LogP contribution in [-0.4, -0.2) is 27.4 Å². The van der Waals surface area contributed by atoms with E-state index in [2.05, 4.69) is 15.5 Å². The minimum absolute atomic E-state index is 0.158. The summed E-state index contributed by atoms with van der Waals surface area (Å²) in [5, 5.41) is 19.8. The maximum Gasteiger partial charge on any atom is 0.404 e. The highest BCUT2D eigenvalue weighted by molar-refractivity contribution is 7.15. The zero-order valence-corrected chi connectivity index (χ0v) is 9.41. The van der Waals surface area contributed by atoms with E-state index < -0.39 is 6.09 Å². The number of nitrogens with zero attached hydrogens (tertiary/aromatic N) is 2. The highest BCUT2D eigenvalue weighted by atomic mass is 32.1. The predicted octanol–water partition coefficient (Wildman–Crippen LogP) is 0.955. The van der Waals surface area contributed by atoms with Crippen LogP contribution in [0.5, 0.6) is 0 Å². The summed E-state index contributed by atoms with van der Waals surface area (Å²) in [5.74, 6) is 0.200. The first-order chi connectivity index (χ1) is 6.99. The van der Waals surface area contributed by atoms with Gasteiger partial charge < -0.3 is 16.2 Å². The van der Waals surface area contributed by atoms with E-state index in [0.717, 1.165) is 5.01 Å². The molecular formula is C8H14N4O2S. The van der Waals surface area contributed by atoms with Crippen LogP contribution in [0.4, 0.5) is 9.93 Å². The number of nitrogen functional groups attached to an aromatic ring is 1. The lowest BCUT2D eigenvalue weighted by molar-refractivity contribution is 0.185. The van der Waals surface area contributed by atoms with Gasteiger partial charge in [-0.2, -0.15) is 0 Å². The third kappa shape index (κ3) is 3.70. The van der Waals surface area contributed by atoms with E-state index in [9.17, 15) is 4.79 Å². The summed E-state index contributed by atoms with van der Waals surface area (Å²) in [7, 11) is 0. The van der Waals surface area contributed by atoms with Gasteiger partial charge in [-0.3, -0.25) is 0 Å². The van der Waals surface area contributed by atoms with Crippen LogP contribution in [0.15, 0.2) is 0 Å². The van der Waals surface area contributed by atoms with Gasteiger partial charge in [-0.1, -0.05) is 25.2 Å². The van der Waals surface area contributed by atoms with Crippen LogP contribution < -0.4 is 11.1 Å². The molecular weight excluding hydrogens is 216 g/mol. The van der Waals surface area contributed by atoms with Crippen LogP contribution in [0.3, 0.4) is 0 Å². The van der Waals surface area contributed by atoms with Crippen molar-refractivity contribution in [3.63, 3.8) is 0 Å². The molecule has 0 aliphatic carbocycles. The number of amides is 1. The van der Waals surface area contributed by atoms with E-state index in [0.29, 0.717) is 11.6 Å². The quantitative estimate of drug-likeness (QED) is 0.715. The number of anilines is 1. The van der Waals surface area contributed by atoms with Gasteiger partial charge in [0.15, 0.2) is 0 Å². The van der Waals surface area contributed by atoms with Crippen molar-refractivity contribution in [3.05, 3.63) is 5.01 Å². The number of nitrogens with two attached hydrogens (primary N) is 1. The van der Waals surface area contributed by atoms with Gasteiger partial charge in [-0.25, -0.2) is 4.79 Å². The van der Waals surface area contributed by atoms with Crippen LogP contribution in [0.1, 0.15) is 18.9 Å². The Morgan fingerprint density at radius 2 is 2.27 bits per heavy atom. The second kappa shape index (κ2) is 4.92. The number of carbonyl (C=O) groups is 1. The molecule has 0 spiro atoms. The van der Waals surface area contributed by atoms with Crippen LogP contribution in [0.2, 0.25) is 0 Å². The van der Waals surface area contributed by atoms with Gasteiger partial charge in [0.05, 0.1) is 0 Å². The summed E-state index contributed by atoms with van der Waals surface area (Å²) in [4.78, 5) is 10.5. The molecule has 0 radical (unpaired) electrons. The van der Waals surface area contributed by atoms with Crippen molar-refractivity contribution in [1.29, 1.82) is 0 Å². The number of hydrogen-bond donors (Lipinski definition) is 3. The van der Waals surface area contributed by atoms with Gasteiger partial charge in [0.2, 0.25) is 5.13 Å². The highest BCUT2D eigenvalue weighted by Crippen LogP contribution is 2.15. The molecule has 84 valence electrons. The molecule has 0 fully saturated rings. The smallest absolute Gasteiger partial charge is 0.404 e. The molecule has 1 heterocycles. The van der Waals surface area contributed by atoms with Crippen molar-refractivity contribution in [1.82, 2.24) is 15.5 Å². The van der Waals surface area contributed by atoms with Gasteiger partial charge in [-0.15, -0.1) is 10.2 Å². The van der Waals surface area contributed by atoms with Crippen molar-refractivity contribution in [2.75, 3.05) is 5.73 Å². The summed E-state index contributed by atoms with van der Waals surface area (Å²) in [6.45, 7) is 3.90. The Hall–Kier alpha value is -1.37. The lowest BCUT2D eigenvalue weighted by atomic mass is 10.0. The zero-order chi connectivity index (χ0) is 11.4. The fraction of sp³-hybridized carbons (Fsp3) is 0.625. The Morgan fingerprint density at radius 3 is 2.67 bits per heavy atom. The molecule has 0 unspecified atom stereocenters. The van der Waals surface area contributed by atoms with Crippen LogP contribution in [-0.2, 0) is 6.42 Å². The van der Waals surface area contributed by atoms with Gasteiger partial charge in [0, 0.05) is 12.5 Å². The standard InChI is InChI=1S/C8H14N4O2S/c1-4(2)5(10-8(13)14)3-6-11-12-7(9)15-6/h4-5,10H,3H2,1-2H3,(H2,9,12)(H,13,14)/t5-/m1/s1. The number of hydrogen-bond acceptors (Lipinski definition) is 5. The van der Waals surface area contributed by atoms with Crippen LogP contribution in [0, 0.1) is 5.92 Å². The average molecular weight is 230 g/mol. The minimum atomic E-state index is -1.02. The first kappa shape index (κ1) is 11.7. The molecule has 6 nitrogen and oxygen atoms in total. The van der Waals surface area contributed by atoms with Crippen molar-refractivity contribution < 1.29 is 9.90 Å². The monoisotopic (exact) mass is 230 g/mol. The molecule has 1 aromatic rings.